The van der Waals surface area contributed by atoms with Crippen LogP contribution in [0.15, 0.2) is 41.6 Å². The molecule has 0 radical (unpaired) electrons. The highest BCUT2D eigenvalue weighted by Crippen LogP contribution is 2.39. The molecule has 32 heavy (non-hydrogen) atoms. The Morgan fingerprint density at radius 2 is 2.16 bits per heavy atom. The molecule has 1 fully saturated rings. The maximum absolute atomic E-state index is 12.7. The summed E-state index contributed by atoms with van der Waals surface area (Å²) in [5, 5.41) is 9.45. The molecule has 2 amide bonds. The number of hydrogen-bond acceptors (Lipinski definition) is 6. The van der Waals surface area contributed by atoms with Crippen LogP contribution >= 0.6 is 11.3 Å². The molecule has 1 saturated heterocycles. The maximum atomic E-state index is 12.7. The standard InChI is InChI=1S/C24H27N5O2S/c30-21(29-10-3-17(4-11-29)14-20-26-9-12-32-20)2-1-18-13-19-15-24(5-7-25-8-6-24)23(31)28-22(19)27-16-18/h1-3,9,12-13,16,25H,4-8,10-11,14-15H2,(H,27,28,31). The molecular formula is C24H27N5O2S. The van der Waals surface area contributed by atoms with E-state index < -0.39 is 0 Å². The van der Waals surface area contributed by atoms with Crippen LogP contribution in [0.4, 0.5) is 5.82 Å². The smallest absolute Gasteiger partial charge is 0.246 e. The SMILES string of the molecule is O=C(C=Cc1cnc2c(c1)CC1(CCNCC1)C(=O)N2)N1CC=C(Cc2nccs2)CC1. The van der Waals surface area contributed by atoms with E-state index in [1.807, 2.05) is 22.6 Å². The number of anilines is 1. The van der Waals surface area contributed by atoms with Gasteiger partial charge in [0.1, 0.15) is 5.82 Å². The maximum Gasteiger partial charge on any atom is 0.246 e. The highest BCUT2D eigenvalue weighted by Gasteiger charge is 2.43. The fraction of sp³-hybridized carbons (Fsp3) is 0.417. The molecule has 0 unspecified atom stereocenters. The molecule has 5 rings (SSSR count). The number of aromatic nitrogens is 2. The predicted molar refractivity (Wildman–Crippen MR) is 125 cm³/mol. The van der Waals surface area contributed by atoms with Gasteiger partial charge in [0.15, 0.2) is 0 Å². The third-order valence-electron chi connectivity index (χ3n) is 6.69. The van der Waals surface area contributed by atoms with Gasteiger partial charge in [-0.15, -0.1) is 11.3 Å². The fourth-order valence-electron chi connectivity index (χ4n) is 4.74. The molecule has 2 aromatic rings. The lowest BCUT2D eigenvalue weighted by Gasteiger charge is -2.39. The number of rotatable bonds is 4. The van der Waals surface area contributed by atoms with Gasteiger partial charge < -0.3 is 15.5 Å². The van der Waals surface area contributed by atoms with Crippen LogP contribution in [0, 0.1) is 5.41 Å². The molecule has 5 heterocycles. The van der Waals surface area contributed by atoms with Crippen molar-refractivity contribution in [1.82, 2.24) is 20.2 Å². The van der Waals surface area contributed by atoms with Crippen molar-refractivity contribution in [2.45, 2.75) is 32.1 Å². The summed E-state index contributed by atoms with van der Waals surface area (Å²) in [6.07, 6.45) is 13.3. The van der Waals surface area contributed by atoms with Crippen LogP contribution in [-0.2, 0) is 22.4 Å². The topological polar surface area (TPSA) is 87.2 Å². The number of carbonyl (C=O) groups is 2. The van der Waals surface area contributed by atoms with Crippen molar-refractivity contribution >= 4 is 35.0 Å². The summed E-state index contributed by atoms with van der Waals surface area (Å²) in [5.41, 5.74) is 2.94. The minimum atomic E-state index is -0.339. The normalized spacial score (nSPS) is 20.2. The molecule has 3 aliphatic rings. The van der Waals surface area contributed by atoms with E-state index in [9.17, 15) is 9.59 Å². The van der Waals surface area contributed by atoms with E-state index in [1.165, 1.54) is 5.57 Å². The lowest BCUT2D eigenvalue weighted by Crippen LogP contribution is -2.48. The first-order chi connectivity index (χ1) is 15.6. The van der Waals surface area contributed by atoms with Crippen LogP contribution < -0.4 is 10.6 Å². The molecule has 0 bridgehead atoms. The highest BCUT2D eigenvalue weighted by molar-refractivity contribution is 7.09. The van der Waals surface area contributed by atoms with Gasteiger partial charge in [0.2, 0.25) is 11.8 Å². The lowest BCUT2D eigenvalue weighted by atomic mass is 9.71. The van der Waals surface area contributed by atoms with Crippen LogP contribution in [0.25, 0.3) is 6.08 Å². The van der Waals surface area contributed by atoms with Crippen LogP contribution in [0.3, 0.4) is 0 Å². The summed E-state index contributed by atoms with van der Waals surface area (Å²) in [6.45, 7) is 3.08. The second-order valence-electron chi connectivity index (χ2n) is 8.77. The minimum absolute atomic E-state index is 0.00963. The van der Waals surface area contributed by atoms with Gasteiger partial charge >= 0.3 is 0 Å². The van der Waals surface area contributed by atoms with Gasteiger partial charge in [-0.2, -0.15) is 0 Å². The predicted octanol–water partition coefficient (Wildman–Crippen LogP) is 2.82. The number of thiazole rings is 1. The summed E-state index contributed by atoms with van der Waals surface area (Å²) >= 11 is 1.67. The highest BCUT2D eigenvalue weighted by atomic mass is 32.1. The van der Waals surface area contributed by atoms with Gasteiger partial charge in [0.25, 0.3) is 0 Å². The molecular weight excluding hydrogens is 422 g/mol. The first-order valence-electron chi connectivity index (χ1n) is 11.2. The molecule has 2 aromatic heterocycles. The summed E-state index contributed by atoms with van der Waals surface area (Å²) in [5.74, 6) is 0.747. The average molecular weight is 450 g/mol. The van der Waals surface area contributed by atoms with Gasteiger partial charge in [-0.25, -0.2) is 9.97 Å². The number of fused-ring (bicyclic) bond motifs is 1. The first kappa shape index (κ1) is 21.0. The third kappa shape index (κ3) is 4.38. The molecule has 0 saturated carbocycles. The third-order valence-corrected chi connectivity index (χ3v) is 7.47. The van der Waals surface area contributed by atoms with Gasteiger partial charge in [-0.1, -0.05) is 11.6 Å². The first-order valence-corrected chi connectivity index (χ1v) is 12.0. The van der Waals surface area contributed by atoms with E-state index in [0.29, 0.717) is 18.8 Å². The van der Waals surface area contributed by atoms with Crippen molar-refractivity contribution in [1.29, 1.82) is 0 Å². The minimum Gasteiger partial charge on any atom is -0.335 e. The molecule has 8 heteroatoms. The Bertz CT molecular complexity index is 1070. The van der Waals surface area contributed by atoms with E-state index >= 15 is 0 Å². The summed E-state index contributed by atoms with van der Waals surface area (Å²) in [6, 6.07) is 2.05. The van der Waals surface area contributed by atoms with Crippen LogP contribution in [0.5, 0.6) is 0 Å². The van der Waals surface area contributed by atoms with Gasteiger partial charge in [0.05, 0.1) is 10.4 Å². The van der Waals surface area contributed by atoms with Crippen molar-refractivity contribution in [3.05, 3.63) is 57.7 Å². The Morgan fingerprint density at radius 3 is 2.91 bits per heavy atom. The van der Waals surface area contributed by atoms with Crippen molar-refractivity contribution in [3.63, 3.8) is 0 Å². The Morgan fingerprint density at radius 1 is 1.28 bits per heavy atom. The summed E-state index contributed by atoms with van der Waals surface area (Å²) < 4.78 is 0. The summed E-state index contributed by atoms with van der Waals surface area (Å²) in [4.78, 5) is 36.0. The molecule has 2 N–H and O–H groups in total. The number of carbonyl (C=O) groups excluding carboxylic acids is 2. The Balaban J connectivity index is 1.23. The van der Waals surface area contributed by atoms with Gasteiger partial charge in [-0.3, -0.25) is 9.59 Å². The van der Waals surface area contributed by atoms with E-state index in [2.05, 4.69) is 32.7 Å². The van der Waals surface area contributed by atoms with E-state index in [0.717, 1.165) is 61.5 Å². The second-order valence-corrected chi connectivity index (χ2v) is 9.75. The number of nitrogens with one attached hydrogen (secondary N) is 2. The molecule has 7 nitrogen and oxygen atoms in total. The van der Waals surface area contributed by atoms with Gasteiger partial charge in [0, 0.05) is 43.4 Å². The lowest BCUT2D eigenvalue weighted by molar-refractivity contribution is -0.127. The molecule has 0 atom stereocenters. The summed E-state index contributed by atoms with van der Waals surface area (Å²) in [7, 11) is 0. The zero-order chi connectivity index (χ0) is 22.0. The van der Waals surface area contributed by atoms with Crippen molar-refractivity contribution in [3.8, 4) is 0 Å². The Labute approximate surface area is 191 Å². The molecule has 166 valence electrons. The van der Waals surface area contributed by atoms with E-state index in [-0.39, 0.29) is 17.2 Å². The van der Waals surface area contributed by atoms with Crippen LogP contribution in [0.2, 0.25) is 0 Å². The number of hydrogen-bond donors (Lipinski definition) is 2. The zero-order valence-electron chi connectivity index (χ0n) is 18.0. The van der Waals surface area contributed by atoms with E-state index in [1.54, 1.807) is 23.6 Å². The quantitative estimate of drug-likeness (QED) is 0.554. The molecule has 3 aliphatic heterocycles. The second kappa shape index (κ2) is 8.96. The number of piperidine rings is 1. The largest absolute Gasteiger partial charge is 0.335 e. The van der Waals surface area contributed by atoms with Crippen molar-refractivity contribution in [2.24, 2.45) is 5.41 Å². The number of amides is 2. The van der Waals surface area contributed by atoms with Crippen molar-refractivity contribution < 1.29 is 9.59 Å². The van der Waals surface area contributed by atoms with E-state index in [4.69, 9.17) is 0 Å². The van der Waals surface area contributed by atoms with Crippen molar-refractivity contribution in [2.75, 3.05) is 31.5 Å². The monoisotopic (exact) mass is 449 g/mol. The Hall–Kier alpha value is -2.84. The fourth-order valence-corrected chi connectivity index (χ4v) is 5.41. The van der Waals surface area contributed by atoms with Crippen LogP contribution in [-0.4, -0.2) is 52.9 Å². The molecule has 0 aliphatic carbocycles. The van der Waals surface area contributed by atoms with Crippen LogP contribution in [0.1, 0.15) is 35.4 Å². The Kier molecular flexibility index (Phi) is 5.89. The average Bonchev–Trinajstić information content (AvgIpc) is 3.32. The molecule has 0 aromatic carbocycles. The zero-order valence-corrected chi connectivity index (χ0v) is 18.8. The van der Waals surface area contributed by atoms with Gasteiger partial charge in [-0.05, 0) is 62.0 Å². The molecule has 1 spiro atoms. The number of pyridine rings is 1. The number of nitrogens with zero attached hydrogens (tertiary/aromatic N) is 3.